The Balaban J connectivity index is 2.29. The predicted octanol–water partition coefficient (Wildman–Crippen LogP) is 3.65. The van der Waals surface area contributed by atoms with Gasteiger partial charge in [0.2, 0.25) is 0 Å². The molecule has 2 nitrogen and oxygen atoms in total. The Labute approximate surface area is 111 Å². The molecule has 2 aromatic rings. The molecule has 0 saturated carbocycles. The first-order chi connectivity index (χ1) is 8.74. The van der Waals surface area contributed by atoms with E-state index < -0.39 is 0 Å². The molecule has 0 heterocycles. The summed E-state index contributed by atoms with van der Waals surface area (Å²) >= 11 is 1.63. The van der Waals surface area contributed by atoms with Crippen LogP contribution in [0.15, 0.2) is 53.4 Å². The molecule has 0 radical (unpaired) electrons. The largest absolute Gasteiger partial charge is 0.497 e. The summed E-state index contributed by atoms with van der Waals surface area (Å²) in [6.07, 6.45) is 2.00. The van der Waals surface area contributed by atoms with Gasteiger partial charge in [0.1, 0.15) is 5.75 Å². The number of hydrogen-bond donors (Lipinski definition) is 0. The molecule has 0 saturated heterocycles. The Morgan fingerprint density at radius 3 is 2.39 bits per heavy atom. The summed E-state index contributed by atoms with van der Waals surface area (Å²) in [5, 5.41) is 0. The van der Waals surface area contributed by atoms with E-state index in [1.165, 1.54) is 0 Å². The van der Waals surface area contributed by atoms with Crippen molar-refractivity contribution in [1.29, 1.82) is 0 Å². The topological polar surface area (TPSA) is 26.3 Å². The van der Waals surface area contributed by atoms with Gasteiger partial charge in [-0.3, -0.25) is 4.79 Å². The fourth-order valence-electron chi connectivity index (χ4n) is 1.67. The Morgan fingerprint density at radius 1 is 1.06 bits per heavy atom. The van der Waals surface area contributed by atoms with Crippen LogP contribution in [-0.4, -0.2) is 19.1 Å². The van der Waals surface area contributed by atoms with Crippen LogP contribution in [0.1, 0.15) is 15.9 Å². The van der Waals surface area contributed by atoms with Gasteiger partial charge in [-0.15, -0.1) is 11.8 Å². The van der Waals surface area contributed by atoms with Gasteiger partial charge in [0, 0.05) is 16.0 Å². The predicted molar refractivity (Wildman–Crippen MR) is 74.6 cm³/mol. The highest BCUT2D eigenvalue weighted by Crippen LogP contribution is 2.19. The van der Waals surface area contributed by atoms with Crippen molar-refractivity contribution in [3.63, 3.8) is 0 Å². The third-order valence-electron chi connectivity index (χ3n) is 2.68. The second kappa shape index (κ2) is 5.74. The first-order valence-corrected chi connectivity index (χ1v) is 6.80. The van der Waals surface area contributed by atoms with Gasteiger partial charge in [-0.25, -0.2) is 0 Å². The van der Waals surface area contributed by atoms with Crippen molar-refractivity contribution in [3.8, 4) is 5.75 Å². The van der Waals surface area contributed by atoms with Crippen LogP contribution in [-0.2, 0) is 0 Å². The minimum absolute atomic E-state index is 0.0357. The fourth-order valence-corrected chi connectivity index (χ4v) is 2.13. The van der Waals surface area contributed by atoms with Gasteiger partial charge in [-0.05, 0) is 42.7 Å². The minimum atomic E-state index is 0.0357. The van der Waals surface area contributed by atoms with Crippen molar-refractivity contribution in [2.24, 2.45) is 0 Å². The molecular weight excluding hydrogens is 244 g/mol. The van der Waals surface area contributed by atoms with Crippen LogP contribution in [0, 0.1) is 0 Å². The summed E-state index contributed by atoms with van der Waals surface area (Å²) in [6, 6.07) is 14.8. The monoisotopic (exact) mass is 258 g/mol. The summed E-state index contributed by atoms with van der Waals surface area (Å²) < 4.78 is 5.08. The van der Waals surface area contributed by atoms with Gasteiger partial charge in [-0.2, -0.15) is 0 Å². The number of ether oxygens (including phenoxy) is 1. The van der Waals surface area contributed by atoms with E-state index in [2.05, 4.69) is 0 Å². The molecule has 0 aromatic heterocycles. The third-order valence-corrected chi connectivity index (χ3v) is 3.41. The Kier molecular flexibility index (Phi) is 4.05. The number of methoxy groups -OCH3 is 1. The van der Waals surface area contributed by atoms with Crippen LogP contribution in [0.25, 0.3) is 0 Å². The van der Waals surface area contributed by atoms with E-state index >= 15 is 0 Å². The van der Waals surface area contributed by atoms with Crippen LogP contribution in [0.4, 0.5) is 0 Å². The van der Waals surface area contributed by atoms with Gasteiger partial charge in [0.05, 0.1) is 7.11 Å². The zero-order valence-electron chi connectivity index (χ0n) is 10.3. The van der Waals surface area contributed by atoms with Crippen LogP contribution < -0.4 is 4.74 Å². The standard InChI is InChI=1S/C15H14O2S/c1-17-13-8-6-11(7-9-13)15(16)12-4-3-5-14(10-12)18-2/h3-10H,1-2H3. The van der Waals surface area contributed by atoms with E-state index in [0.717, 1.165) is 10.6 Å². The maximum absolute atomic E-state index is 12.3. The summed E-state index contributed by atoms with van der Waals surface area (Å²) in [6.45, 7) is 0. The lowest BCUT2D eigenvalue weighted by atomic mass is 10.0. The second-order valence-electron chi connectivity index (χ2n) is 3.79. The highest BCUT2D eigenvalue weighted by atomic mass is 32.2. The molecule has 0 bridgehead atoms. The molecule has 2 aromatic carbocycles. The quantitative estimate of drug-likeness (QED) is 0.618. The average molecular weight is 258 g/mol. The van der Waals surface area contributed by atoms with Crippen molar-refractivity contribution in [3.05, 3.63) is 59.7 Å². The SMILES string of the molecule is COc1ccc(C(=O)c2cccc(SC)c2)cc1. The highest BCUT2D eigenvalue weighted by molar-refractivity contribution is 7.98. The normalized spacial score (nSPS) is 10.1. The molecule has 0 aliphatic carbocycles. The van der Waals surface area contributed by atoms with Crippen molar-refractivity contribution >= 4 is 17.5 Å². The number of carbonyl (C=O) groups excluding carboxylic acids is 1. The zero-order chi connectivity index (χ0) is 13.0. The van der Waals surface area contributed by atoms with E-state index in [4.69, 9.17) is 4.74 Å². The molecule has 2 rings (SSSR count). The molecule has 0 amide bonds. The molecule has 0 aliphatic rings. The summed E-state index contributed by atoms with van der Waals surface area (Å²) in [7, 11) is 1.61. The number of rotatable bonds is 4. The van der Waals surface area contributed by atoms with E-state index in [1.54, 1.807) is 43.1 Å². The summed E-state index contributed by atoms with van der Waals surface area (Å²) in [4.78, 5) is 13.4. The molecule has 0 N–H and O–H groups in total. The molecule has 92 valence electrons. The molecule has 0 fully saturated rings. The maximum Gasteiger partial charge on any atom is 0.193 e. The van der Waals surface area contributed by atoms with E-state index in [9.17, 15) is 4.79 Å². The van der Waals surface area contributed by atoms with Crippen molar-refractivity contribution < 1.29 is 9.53 Å². The Hall–Kier alpha value is -1.74. The van der Waals surface area contributed by atoms with Gasteiger partial charge in [0.25, 0.3) is 0 Å². The highest BCUT2D eigenvalue weighted by Gasteiger charge is 2.09. The average Bonchev–Trinajstić information content (AvgIpc) is 2.46. The number of ketones is 1. The van der Waals surface area contributed by atoms with Gasteiger partial charge >= 0.3 is 0 Å². The van der Waals surface area contributed by atoms with Crippen molar-refractivity contribution in [1.82, 2.24) is 0 Å². The Morgan fingerprint density at radius 2 is 1.78 bits per heavy atom. The smallest absolute Gasteiger partial charge is 0.193 e. The molecule has 0 aliphatic heterocycles. The first-order valence-electron chi connectivity index (χ1n) is 5.57. The molecule has 0 atom stereocenters. The lowest BCUT2D eigenvalue weighted by Crippen LogP contribution is -2.01. The molecule has 0 spiro atoms. The van der Waals surface area contributed by atoms with Crippen LogP contribution in [0.3, 0.4) is 0 Å². The number of thioether (sulfide) groups is 1. The molecule has 18 heavy (non-hydrogen) atoms. The number of hydrogen-bond acceptors (Lipinski definition) is 3. The number of carbonyl (C=O) groups is 1. The van der Waals surface area contributed by atoms with Gasteiger partial charge in [-0.1, -0.05) is 12.1 Å². The number of benzene rings is 2. The van der Waals surface area contributed by atoms with E-state index in [-0.39, 0.29) is 5.78 Å². The molecular formula is C15H14O2S. The summed E-state index contributed by atoms with van der Waals surface area (Å²) in [5.74, 6) is 0.790. The summed E-state index contributed by atoms with van der Waals surface area (Å²) in [5.41, 5.74) is 1.39. The lowest BCUT2D eigenvalue weighted by molar-refractivity contribution is 0.103. The van der Waals surface area contributed by atoms with Crippen molar-refractivity contribution in [2.45, 2.75) is 4.90 Å². The van der Waals surface area contributed by atoms with E-state index in [1.807, 2.05) is 30.5 Å². The first kappa shape index (κ1) is 12.7. The lowest BCUT2D eigenvalue weighted by Gasteiger charge is -2.04. The third kappa shape index (κ3) is 2.74. The minimum Gasteiger partial charge on any atom is -0.497 e. The van der Waals surface area contributed by atoms with Gasteiger partial charge in [0.15, 0.2) is 5.78 Å². The zero-order valence-corrected chi connectivity index (χ0v) is 11.2. The molecule has 3 heteroatoms. The van der Waals surface area contributed by atoms with Gasteiger partial charge < -0.3 is 4.74 Å². The van der Waals surface area contributed by atoms with Crippen molar-refractivity contribution in [2.75, 3.05) is 13.4 Å². The van der Waals surface area contributed by atoms with E-state index in [0.29, 0.717) is 11.1 Å². The fraction of sp³-hybridized carbons (Fsp3) is 0.133. The van der Waals surface area contributed by atoms with Crippen LogP contribution >= 0.6 is 11.8 Å². The molecule has 0 unspecified atom stereocenters. The second-order valence-corrected chi connectivity index (χ2v) is 4.67. The van der Waals surface area contributed by atoms with Crippen LogP contribution in [0.5, 0.6) is 5.75 Å². The van der Waals surface area contributed by atoms with Crippen LogP contribution in [0.2, 0.25) is 0 Å². The Bertz CT molecular complexity index is 547. The maximum atomic E-state index is 12.3.